The summed E-state index contributed by atoms with van der Waals surface area (Å²) in [4.78, 5) is 0. The van der Waals surface area contributed by atoms with Crippen LogP contribution >= 0.6 is 0 Å². The maximum Gasteiger partial charge on any atom is 0.187 e. The van der Waals surface area contributed by atoms with Crippen molar-refractivity contribution in [3.8, 4) is 5.75 Å². The van der Waals surface area contributed by atoms with Gasteiger partial charge in [0, 0.05) is 0 Å². The van der Waals surface area contributed by atoms with Crippen LogP contribution in [-0.4, -0.2) is 79.7 Å². The van der Waals surface area contributed by atoms with Crippen LogP contribution in [0.1, 0.15) is 22.3 Å². The molecular formula is C39H44O10. The molecule has 0 aromatic heterocycles. The SMILES string of the molecule is COc1ccc(COC[C@H]2O[C@H](O)[C@@H](O[C@@H]3O[C@H](CO)[C@@H](OCc4ccccc4)[C@@H]3OCc3ccccc3)[C@@H]2OCc2ccccc2)cc1. The number of aliphatic hydroxyl groups excluding tert-OH is 2. The first-order valence-corrected chi connectivity index (χ1v) is 16.5. The molecule has 49 heavy (non-hydrogen) atoms. The van der Waals surface area contributed by atoms with Gasteiger partial charge in [0.1, 0.15) is 42.4 Å². The minimum absolute atomic E-state index is 0.143. The molecule has 2 saturated heterocycles. The third kappa shape index (κ3) is 9.52. The van der Waals surface area contributed by atoms with Gasteiger partial charge in [-0.1, -0.05) is 103 Å². The minimum atomic E-state index is -1.34. The van der Waals surface area contributed by atoms with Crippen molar-refractivity contribution in [1.29, 1.82) is 0 Å². The Morgan fingerprint density at radius 3 is 1.55 bits per heavy atom. The van der Waals surface area contributed by atoms with Crippen molar-refractivity contribution in [2.75, 3.05) is 20.3 Å². The van der Waals surface area contributed by atoms with Gasteiger partial charge in [0.05, 0.1) is 46.8 Å². The fourth-order valence-corrected chi connectivity index (χ4v) is 5.98. The fourth-order valence-electron chi connectivity index (χ4n) is 5.98. The van der Waals surface area contributed by atoms with Crippen LogP contribution in [-0.2, 0) is 59.6 Å². The molecule has 0 unspecified atom stereocenters. The summed E-state index contributed by atoms with van der Waals surface area (Å²) in [6.45, 7) is 0.967. The first-order chi connectivity index (χ1) is 24.1. The molecule has 0 radical (unpaired) electrons. The zero-order chi connectivity index (χ0) is 33.8. The summed E-state index contributed by atoms with van der Waals surface area (Å²) in [5, 5.41) is 21.6. The van der Waals surface area contributed by atoms with Gasteiger partial charge < -0.3 is 48.1 Å². The Balaban J connectivity index is 1.18. The summed E-state index contributed by atoms with van der Waals surface area (Å²) < 4.78 is 49.2. The van der Waals surface area contributed by atoms with Crippen molar-refractivity contribution in [3.05, 3.63) is 138 Å². The van der Waals surface area contributed by atoms with Crippen molar-refractivity contribution in [1.82, 2.24) is 0 Å². The monoisotopic (exact) mass is 672 g/mol. The van der Waals surface area contributed by atoms with Crippen LogP contribution in [0.15, 0.2) is 115 Å². The molecule has 0 saturated carbocycles. The van der Waals surface area contributed by atoms with Crippen molar-refractivity contribution in [2.24, 2.45) is 0 Å². The van der Waals surface area contributed by atoms with E-state index >= 15 is 0 Å². The molecule has 8 atom stereocenters. The second-order valence-corrected chi connectivity index (χ2v) is 12.0. The molecule has 4 aromatic rings. The molecule has 0 amide bonds. The number of rotatable bonds is 17. The molecular weight excluding hydrogens is 628 g/mol. The van der Waals surface area contributed by atoms with Gasteiger partial charge in [-0.25, -0.2) is 0 Å². The van der Waals surface area contributed by atoms with Gasteiger partial charge in [-0.15, -0.1) is 0 Å². The molecule has 10 nitrogen and oxygen atoms in total. The average molecular weight is 673 g/mol. The highest BCUT2D eigenvalue weighted by atomic mass is 16.8. The van der Waals surface area contributed by atoms with E-state index < -0.39 is 49.2 Å². The van der Waals surface area contributed by atoms with Crippen molar-refractivity contribution >= 4 is 0 Å². The second-order valence-electron chi connectivity index (χ2n) is 12.0. The van der Waals surface area contributed by atoms with Gasteiger partial charge in [-0.05, 0) is 34.4 Å². The van der Waals surface area contributed by atoms with Gasteiger partial charge >= 0.3 is 0 Å². The molecule has 6 rings (SSSR count). The third-order valence-electron chi connectivity index (χ3n) is 8.59. The van der Waals surface area contributed by atoms with E-state index in [0.29, 0.717) is 6.61 Å². The van der Waals surface area contributed by atoms with E-state index in [1.807, 2.05) is 115 Å². The molecule has 2 aliphatic rings. The summed E-state index contributed by atoms with van der Waals surface area (Å²) in [5.41, 5.74) is 3.84. The molecule has 0 spiro atoms. The fraction of sp³-hybridized carbons (Fsp3) is 0.385. The maximum absolute atomic E-state index is 11.2. The van der Waals surface area contributed by atoms with E-state index in [-0.39, 0.29) is 33.0 Å². The summed E-state index contributed by atoms with van der Waals surface area (Å²) >= 11 is 0. The third-order valence-corrected chi connectivity index (χ3v) is 8.59. The van der Waals surface area contributed by atoms with Gasteiger partial charge in [0.2, 0.25) is 0 Å². The molecule has 260 valence electrons. The van der Waals surface area contributed by atoms with E-state index in [9.17, 15) is 10.2 Å². The van der Waals surface area contributed by atoms with Crippen molar-refractivity contribution in [3.63, 3.8) is 0 Å². The van der Waals surface area contributed by atoms with Crippen LogP contribution in [0.4, 0.5) is 0 Å². The number of aliphatic hydroxyl groups is 2. The van der Waals surface area contributed by atoms with Crippen LogP contribution in [0.3, 0.4) is 0 Å². The van der Waals surface area contributed by atoms with Gasteiger partial charge in [0.25, 0.3) is 0 Å². The average Bonchev–Trinajstić information content (AvgIpc) is 3.64. The summed E-state index contributed by atoms with van der Waals surface area (Å²) in [6.07, 6.45) is -6.82. The summed E-state index contributed by atoms with van der Waals surface area (Å²) in [6, 6.07) is 36.9. The van der Waals surface area contributed by atoms with Crippen LogP contribution in [0.25, 0.3) is 0 Å². The predicted octanol–water partition coefficient (Wildman–Crippen LogP) is 4.79. The van der Waals surface area contributed by atoms with Crippen LogP contribution in [0.2, 0.25) is 0 Å². The zero-order valence-electron chi connectivity index (χ0n) is 27.5. The lowest BCUT2D eigenvalue weighted by atomic mass is 10.1. The first-order valence-electron chi connectivity index (χ1n) is 16.5. The topological polar surface area (TPSA) is 114 Å². The second kappa shape index (κ2) is 17.8. The molecule has 4 aromatic carbocycles. The standard InChI is InChI=1S/C39H44O10/c1-42-31-19-17-30(18-20-31)22-43-26-33-35(45-24-28-13-7-3-8-14-28)36(38(41)47-33)49-39-37(46-25-29-15-9-4-10-16-29)34(32(21-40)48-39)44-23-27-11-5-2-6-12-27/h2-20,32-41H,21-26H2,1H3/t32-,33-,34-,35-,36+,37+,38+,39+/m1/s1. The predicted molar refractivity (Wildman–Crippen MR) is 179 cm³/mol. The quantitative estimate of drug-likeness (QED) is 0.162. The van der Waals surface area contributed by atoms with E-state index in [1.54, 1.807) is 7.11 Å². The van der Waals surface area contributed by atoms with E-state index in [2.05, 4.69) is 0 Å². The first kappa shape index (κ1) is 35.2. The summed E-state index contributed by atoms with van der Waals surface area (Å²) in [5.74, 6) is 0.761. The van der Waals surface area contributed by atoms with Crippen LogP contribution in [0.5, 0.6) is 5.75 Å². The Kier molecular flexibility index (Phi) is 12.8. The van der Waals surface area contributed by atoms with Crippen LogP contribution in [0, 0.1) is 0 Å². The Labute approximate surface area is 287 Å². The number of methoxy groups -OCH3 is 1. The number of hydrogen-bond acceptors (Lipinski definition) is 10. The largest absolute Gasteiger partial charge is 0.497 e. The van der Waals surface area contributed by atoms with E-state index in [0.717, 1.165) is 28.0 Å². The van der Waals surface area contributed by atoms with E-state index in [1.165, 1.54) is 0 Å². The Bertz CT molecular complexity index is 1510. The minimum Gasteiger partial charge on any atom is -0.497 e. The molecule has 2 aliphatic heterocycles. The maximum atomic E-state index is 11.2. The Morgan fingerprint density at radius 1 is 0.551 bits per heavy atom. The highest BCUT2D eigenvalue weighted by Crippen LogP contribution is 2.34. The number of benzene rings is 4. The van der Waals surface area contributed by atoms with Crippen molar-refractivity contribution < 1.29 is 48.1 Å². The molecule has 2 heterocycles. The molecule has 0 aliphatic carbocycles. The van der Waals surface area contributed by atoms with Crippen LogP contribution < -0.4 is 4.74 Å². The Morgan fingerprint density at radius 2 is 1.04 bits per heavy atom. The molecule has 2 N–H and O–H groups in total. The molecule has 0 bridgehead atoms. The molecule has 2 fully saturated rings. The summed E-state index contributed by atoms with van der Waals surface area (Å²) in [7, 11) is 1.62. The lowest BCUT2D eigenvalue weighted by Crippen LogP contribution is -2.45. The number of ether oxygens (including phenoxy) is 8. The smallest absolute Gasteiger partial charge is 0.187 e. The van der Waals surface area contributed by atoms with Gasteiger partial charge in [-0.2, -0.15) is 0 Å². The normalized spacial score (nSPS) is 26.6. The zero-order valence-corrected chi connectivity index (χ0v) is 27.5. The Hall–Kier alpha value is -3.68. The van der Waals surface area contributed by atoms with Crippen molar-refractivity contribution in [2.45, 2.75) is 75.6 Å². The highest BCUT2D eigenvalue weighted by Gasteiger charge is 2.52. The van der Waals surface area contributed by atoms with Gasteiger partial charge in [0.15, 0.2) is 12.6 Å². The lowest BCUT2D eigenvalue weighted by molar-refractivity contribution is -0.246. The molecule has 10 heteroatoms. The van der Waals surface area contributed by atoms with E-state index in [4.69, 9.17) is 37.9 Å². The number of hydrogen-bond donors (Lipinski definition) is 2. The lowest BCUT2D eigenvalue weighted by Gasteiger charge is -2.29. The van der Waals surface area contributed by atoms with Gasteiger partial charge in [-0.3, -0.25) is 0 Å². The highest BCUT2D eigenvalue weighted by molar-refractivity contribution is 5.26.